The summed E-state index contributed by atoms with van der Waals surface area (Å²) in [6.07, 6.45) is 0. The van der Waals surface area contributed by atoms with Gasteiger partial charge in [0.05, 0.1) is 11.4 Å². The van der Waals surface area contributed by atoms with Crippen LogP contribution in [0.15, 0.2) is 229 Å². The second kappa shape index (κ2) is 14.4. The fourth-order valence-corrected chi connectivity index (χ4v) is 7.90. The third-order valence-electron chi connectivity index (χ3n) is 10.7. The highest BCUT2D eigenvalue weighted by Gasteiger charge is 2.23. The van der Waals surface area contributed by atoms with Crippen LogP contribution in [-0.4, -0.2) is 0 Å². The molecule has 2 heteroatoms. The van der Waals surface area contributed by atoms with Crippen LogP contribution in [0.2, 0.25) is 0 Å². The van der Waals surface area contributed by atoms with Crippen LogP contribution in [0, 0.1) is 0 Å². The van der Waals surface area contributed by atoms with Crippen LogP contribution in [0.5, 0.6) is 0 Å². The van der Waals surface area contributed by atoms with Gasteiger partial charge >= 0.3 is 0 Å². The smallest absolute Gasteiger partial charge is 0.159 e. The number of furan rings is 1. The van der Waals surface area contributed by atoms with Gasteiger partial charge in [0.1, 0.15) is 5.58 Å². The molecule has 1 heterocycles. The number of anilines is 3. The zero-order chi connectivity index (χ0) is 37.3. The van der Waals surface area contributed by atoms with Gasteiger partial charge in [-0.1, -0.05) is 170 Å². The summed E-state index contributed by atoms with van der Waals surface area (Å²) in [5.74, 6) is 0. The number of para-hydroxylation sites is 2. The van der Waals surface area contributed by atoms with Gasteiger partial charge in [0.15, 0.2) is 5.58 Å². The second-order valence-corrected chi connectivity index (χ2v) is 14.1. The van der Waals surface area contributed by atoms with Crippen LogP contribution >= 0.6 is 0 Å². The molecule has 0 saturated heterocycles. The molecule has 0 fully saturated rings. The summed E-state index contributed by atoms with van der Waals surface area (Å²) in [5.41, 5.74) is 16.5. The summed E-state index contributed by atoms with van der Waals surface area (Å²) < 4.78 is 6.71. The molecule has 0 aliphatic carbocycles. The van der Waals surface area contributed by atoms with E-state index in [0.717, 1.165) is 61.3 Å². The summed E-state index contributed by atoms with van der Waals surface area (Å²) in [5, 5.41) is 2.20. The van der Waals surface area contributed by atoms with E-state index in [4.69, 9.17) is 4.42 Å². The molecule has 10 rings (SSSR count). The Bertz CT molecular complexity index is 2870. The minimum absolute atomic E-state index is 0.854. The van der Waals surface area contributed by atoms with E-state index in [1.807, 2.05) is 6.07 Å². The molecule has 0 bridgehead atoms. The Morgan fingerprint density at radius 2 is 0.750 bits per heavy atom. The Labute approximate surface area is 327 Å². The average molecular weight is 716 g/mol. The van der Waals surface area contributed by atoms with Crippen molar-refractivity contribution < 1.29 is 4.42 Å². The van der Waals surface area contributed by atoms with E-state index in [-0.39, 0.29) is 0 Å². The maximum atomic E-state index is 6.71. The van der Waals surface area contributed by atoms with Crippen molar-refractivity contribution in [1.29, 1.82) is 0 Å². The molecule has 1 aromatic heterocycles. The lowest BCUT2D eigenvalue weighted by Gasteiger charge is -2.28. The molecule has 0 N–H and O–H groups in total. The number of fused-ring (bicyclic) bond motifs is 3. The van der Waals surface area contributed by atoms with Gasteiger partial charge in [-0.15, -0.1) is 0 Å². The Kier molecular flexibility index (Phi) is 8.55. The summed E-state index contributed by atoms with van der Waals surface area (Å²) >= 11 is 0. The highest BCUT2D eigenvalue weighted by atomic mass is 16.3. The summed E-state index contributed by atoms with van der Waals surface area (Å²) in [7, 11) is 0. The molecule has 0 saturated carbocycles. The standard InChI is InChI=1S/C54H37NO/c1-5-16-38(17-6-1)41-28-31-47(32-29-41)55(52-26-15-25-49-48-24-13-14-27-53(48)56-54(49)52)51-33-30-43(37-50(51)42-22-11-4-12-23-42)46-35-44(39-18-7-2-8-19-39)34-45(36-46)40-20-9-3-10-21-40/h1-37H. The largest absolute Gasteiger partial charge is 0.454 e. The molecule has 0 aliphatic heterocycles. The molecular weight excluding hydrogens is 679 g/mol. The van der Waals surface area contributed by atoms with E-state index in [1.165, 1.54) is 33.4 Å². The summed E-state index contributed by atoms with van der Waals surface area (Å²) in [4.78, 5) is 2.36. The molecule has 0 aliphatic rings. The molecule has 9 aromatic carbocycles. The van der Waals surface area contributed by atoms with E-state index in [2.05, 4.69) is 223 Å². The van der Waals surface area contributed by atoms with Crippen molar-refractivity contribution in [3.05, 3.63) is 224 Å². The van der Waals surface area contributed by atoms with Crippen molar-refractivity contribution in [1.82, 2.24) is 0 Å². The monoisotopic (exact) mass is 715 g/mol. The number of hydrogen-bond acceptors (Lipinski definition) is 2. The number of hydrogen-bond donors (Lipinski definition) is 0. The van der Waals surface area contributed by atoms with Crippen molar-refractivity contribution in [2.24, 2.45) is 0 Å². The fraction of sp³-hybridized carbons (Fsp3) is 0. The highest BCUT2D eigenvalue weighted by Crippen LogP contribution is 2.47. The van der Waals surface area contributed by atoms with Gasteiger partial charge in [0.25, 0.3) is 0 Å². The van der Waals surface area contributed by atoms with Crippen LogP contribution in [0.4, 0.5) is 17.1 Å². The summed E-state index contributed by atoms with van der Waals surface area (Å²) in [6.45, 7) is 0. The predicted octanol–water partition coefficient (Wildman–Crippen LogP) is 15.4. The van der Waals surface area contributed by atoms with Crippen molar-refractivity contribution >= 4 is 39.0 Å². The topological polar surface area (TPSA) is 16.4 Å². The van der Waals surface area contributed by atoms with Crippen molar-refractivity contribution in [2.45, 2.75) is 0 Å². The predicted molar refractivity (Wildman–Crippen MR) is 236 cm³/mol. The van der Waals surface area contributed by atoms with Gasteiger partial charge in [0, 0.05) is 22.0 Å². The molecule has 0 amide bonds. The van der Waals surface area contributed by atoms with E-state index in [9.17, 15) is 0 Å². The molecule has 56 heavy (non-hydrogen) atoms. The first-order valence-corrected chi connectivity index (χ1v) is 19.1. The van der Waals surface area contributed by atoms with Gasteiger partial charge < -0.3 is 9.32 Å². The molecule has 0 unspecified atom stereocenters. The molecule has 0 spiro atoms. The SMILES string of the molecule is c1ccc(-c2ccc(N(c3ccc(-c4cc(-c5ccccc5)cc(-c5ccccc5)c4)cc3-c3ccccc3)c3cccc4c3oc3ccccc34)cc2)cc1. The van der Waals surface area contributed by atoms with Gasteiger partial charge in [-0.25, -0.2) is 0 Å². The first-order chi connectivity index (χ1) is 27.8. The number of rotatable bonds is 8. The lowest BCUT2D eigenvalue weighted by atomic mass is 9.91. The molecule has 264 valence electrons. The van der Waals surface area contributed by atoms with E-state index >= 15 is 0 Å². The van der Waals surface area contributed by atoms with Crippen molar-refractivity contribution in [3.8, 4) is 55.6 Å². The maximum absolute atomic E-state index is 6.71. The maximum Gasteiger partial charge on any atom is 0.159 e. The van der Waals surface area contributed by atoms with Crippen molar-refractivity contribution in [2.75, 3.05) is 4.90 Å². The Balaban J connectivity index is 1.20. The minimum Gasteiger partial charge on any atom is -0.454 e. The van der Waals surface area contributed by atoms with Crippen LogP contribution in [0.3, 0.4) is 0 Å². The van der Waals surface area contributed by atoms with Gasteiger partial charge in [-0.2, -0.15) is 0 Å². The van der Waals surface area contributed by atoms with E-state index in [0.29, 0.717) is 0 Å². The van der Waals surface area contributed by atoms with Crippen molar-refractivity contribution in [3.63, 3.8) is 0 Å². The number of benzene rings is 9. The lowest BCUT2D eigenvalue weighted by molar-refractivity contribution is 0.669. The van der Waals surface area contributed by atoms with Gasteiger partial charge in [-0.3, -0.25) is 0 Å². The Hall–Kier alpha value is -7.42. The van der Waals surface area contributed by atoms with E-state index < -0.39 is 0 Å². The summed E-state index contributed by atoms with van der Waals surface area (Å²) in [6, 6.07) is 80.1. The van der Waals surface area contributed by atoms with Crippen LogP contribution < -0.4 is 4.90 Å². The first kappa shape index (κ1) is 33.2. The fourth-order valence-electron chi connectivity index (χ4n) is 7.90. The highest BCUT2D eigenvalue weighted by molar-refractivity contribution is 6.11. The zero-order valence-electron chi connectivity index (χ0n) is 30.7. The van der Waals surface area contributed by atoms with Crippen LogP contribution in [0.1, 0.15) is 0 Å². The van der Waals surface area contributed by atoms with Crippen LogP contribution in [0.25, 0.3) is 77.6 Å². The molecule has 0 radical (unpaired) electrons. The second-order valence-electron chi connectivity index (χ2n) is 14.1. The van der Waals surface area contributed by atoms with Crippen LogP contribution in [-0.2, 0) is 0 Å². The third kappa shape index (κ3) is 6.24. The minimum atomic E-state index is 0.854. The first-order valence-electron chi connectivity index (χ1n) is 19.1. The Morgan fingerprint density at radius 3 is 1.36 bits per heavy atom. The zero-order valence-corrected chi connectivity index (χ0v) is 30.7. The molecule has 2 nitrogen and oxygen atoms in total. The number of nitrogens with zero attached hydrogens (tertiary/aromatic N) is 1. The molecule has 0 atom stereocenters. The third-order valence-corrected chi connectivity index (χ3v) is 10.7. The average Bonchev–Trinajstić information content (AvgIpc) is 3.67. The lowest BCUT2D eigenvalue weighted by Crippen LogP contribution is -2.11. The Morgan fingerprint density at radius 1 is 0.286 bits per heavy atom. The normalized spacial score (nSPS) is 11.2. The molecule has 10 aromatic rings. The van der Waals surface area contributed by atoms with Gasteiger partial charge in [-0.05, 0) is 105 Å². The van der Waals surface area contributed by atoms with E-state index in [1.54, 1.807) is 0 Å². The van der Waals surface area contributed by atoms with Gasteiger partial charge in [0.2, 0.25) is 0 Å². The quantitative estimate of drug-likeness (QED) is 0.156. The molecular formula is C54H37NO.